The topological polar surface area (TPSA) is 108 Å². The van der Waals surface area contributed by atoms with E-state index in [1.54, 1.807) is 26.0 Å². The third kappa shape index (κ3) is 5.00. The van der Waals surface area contributed by atoms with Gasteiger partial charge in [0.2, 0.25) is 0 Å². The Morgan fingerprint density at radius 3 is 2.35 bits per heavy atom. The summed E-state index contributed by atoms with van der Waals surface area (Å²) in [5.41, 5.74) is 5.46. The molecule has 0 aliphatic heterocycles. The van der Waals surface area contributed by atoms with Crippen LogP contribution in [0.15, 0.2) is 46.3 Å². The second kappa shape index (κ2) is 9.57. The lowest BCUT2D eigenvalue weighted by Crippen LogP contribution is -2.23. The fourth-order valence-corrected chi connectivity index (χ4v) is 3.81. The number of H-pyrrole nitrogens is 1. The molecule has 31 heavy (non-hydrogen) atoms. The monoisotopic (exact) mass is 439 g/mol. The third-order valence-corrected chi connectivity index (χ3v) is 5.72. The Bertz CT molecular complexity index is 1180. The van der Waals surface area contributed by atoms with Gasteiger partial charge < -0.3 is 5.32 Å². The lowest BCUT2D eigenvalue weighted by Gasteiger charge is -2.01. The molecule has 8 nitrogen and oxygen atoms in total. The van der Waals surface area contributed by atoms with Crippen LogP contribution in [-0.2, 0) is 0 Å². The van der Waals surface area contributed by atoms with Crippen LogP contribution in [-0.4, -0.2) is 33.9 Å². The molecule has 2 aromatic heterocycles. The van der Waals surface area contributed by atoms with E-state index in [1.807, 2.05) is 38.1 Å². The minimum atomic E-state index is -0.439. The smallest absolute Gasteiger partial charge is 0.281 e. The molecular weight excluding hydrogens is 414 g/mol. The zero-order valence-electron chi connectivity index (χ0n) is 17.9. The number of benzene rings is 1. The highest BCUT2D eigenvalue weighted by atomic mass is 32.1. The van der Waals surface area contributed by atoms with Gasteiger partial charge >= 0.3 is 0 Å². The van der Waals surface area contributed by atoms with E-state index in [4.69, 9.17) is 0 Å². The number of nitrogens with one attached hydrogen (secondary N) is 3. The third-order valence-electron chi connectivity index (χ3n) is 4.64. The van der Waals surface area contributed by atoms with Crippen LogP contribution in [0.4, 0.5) is 0 Å². The first-order valence-corrected chi connectivity index (χ1v) is 10.7. The number of nitrogens with zero attached hydrogens (tertiary/aromatic N) is 2. The molecule has 2 heterocycles. The Morgan fingerprint density at radius 1 is 1.06 bits per heavy atom. The van der Waals surface area contributed by atoms with Crippen LogP contribution in [0.25, 0.3) is 5.69 Å². The largest absolute Gasteiger partial charge is 0.351 e. The Morgan fingerprint density at radius 2 is 1.71 bits per heavy atom. The van der Waals surface area contributed by atoms with Gasteiger partial charge in [-0.3, -0.25) is 19.5 Å². The SMILES string of the molecule is CCCNC(=O)c1ccc(C(=O)N/N=C(\C)c2c(C)[nH]n(-c3ccc(C)cc3)c2=O)s1. The fourth-order valence-electron chi connectivity index (χ4n) is 3.00. The summed E-state index contributed by atoms with van der Waals surface area (Å²) in [4.78, 5) is 38.1. The predicted molar refractivity (Wildman–Crippen MR) is 122 cm³/mol. The van der Waals surface area contributed by atoms with Crippen molar-refractivity contribution in [1.82, 2.24) is 20.5 Å². The van der Waals surface area contributed by atoms with Crippen LogP contribution < -0.4 is 16.3 Å². The molecule has 0 unspecified atom stereocenters. The van der Waals surface area contributed by atoms with Crippen molar-refractivity contribution in [2.45, 2.75) is 34.1 Å². The predicted octanol–water partition coefficient (Wildman–Crippen LogP) is 3.14. The van der Waals surface area contributed by atoms with E-state index in [9.17, 15) is 14.4 Å². The number of aromatic nitrogens is 2. The van der Waals surface area contributed by atoms with E-state index in [2.05, 4.69) is 20.9 Å². The maximum atomic E-state index is 12.9. The summed E-state index contributed by atoms with van der Waals surface area (Å²) in [6.45, 7) is 7.97. The zero-order chi connectivity index (χ0) is 22.5. The number of rotatable bonds is 7. The number of aryl methyl sites for hydroxylation is 2. The minimum absolute atomic E-state index is 0.204. The molecule has 0 atom stereocenters. The number of thiophene rings is 1. The van der Waals surface area contributed by atoms with E-state index in [0.717, 1.165) is 23.3 Å². The normalized spacial score (nSPS) is 11.4. The fraction of sp³-hybridized carbons (Fsp3) is 0.273. The molecule has 0 bridgehead atoms. The van der Waals surface area contributed by atoms with Crippen molar-refractivity contribution in [2.24, 2.45) is 5.10 Å². The molecule has 0 saturated carbocycles. The summed E-state index contributed by atoms with van der Waals surface area (Å²) < 4.78 is 1.45. The molecule has 1 aromatic carbocycles. The number of carbonyl (C=O) groups excluding carboxylic acids is 2. The van der Waals surface area contributed by atoms with Gasteiger partial charge in [-0.05, 0) is 51.5 Å². The van der Waals surface area contributed by atoms with Crippen LogP contribution in [0, 0.1) is 13.8 Å². The maximum absolute atomic E-state index is 12.9. The van der Waals surface area contributed by atoms with Gasteiger partial charge in [0, 0.05) is 12.2 Å². The molecule has 9 heteroatoms. The molecular formula is C22H25N5O3S. The summed E-state index contributed by atoms with van der Waals surface area (Å²) in [7, 11) is 0. The van der Waals surface area contributed by atoms with E-state index >= 15 is 0 Å². The van der Waals surface area contributed by atoms with Crippen molar-refractivity contribution in [2.75, 3.05) is 6.54 Å². The molecule has 3 N–H and O–H groups in total. The Balaban J connectivity index is 1.76. The summed E-state index contributed by atoms with van der Waals surface area (Å²) in [5, 5.41) is 9.93. The van der Waals surface area contributed by atoms with Crippen LogP contribution in [0.5, 0.6) is 0 Å². The van der Waals surface area contributed by atoms with Crippen molar-refractivity contribution >= 4 is 28.9 Å². The summed E-state index contributed by atoms with van der Waals surface area (Å²) >= 11 is 1.09. The van der Waals surface area contributed by atoms with E-state index in [-0.39, 0.29) is 11.5 Å². The van der Waals surface area contributed by atoms with Gasteiger partial charge in [-0.2, -0.15) is 5.10 Å². The molecule has 0 saturated heterocycles. The molecule has 0 aliphatic rings. The van der Waals surface area contributed by atoms with Crippen molar-refractivity contribution in [1.29, 1.82) is 0 Å². The summed E-state index contributed by atoms with van der Waals surface area (Å²) in [5.74, 6) is -0.642. The summed E-state index contributed by atoms with van der Waals surface area (Å²) in [6, 6.07) is 10.8. The molecule has 0 spiro atoms. The average Bonchev–Trinajstić information content (AvgIpc) is 3.36. The van der Waals surface area contributed by atoms with Gasteiger partial charge in [-0.25, -0.2) is 10.1 Å². The first-order chi connectivity index (χ1) is 14.8. The standard InChI is InChI=1S/C22H25N5O3S/c1-5-12-23-20(28)17-10-11-18(31-17)21(29)25-24-14(3)19-15(4)26-27(22(19)30)16-8-6-13(2)7-9-16/h6-11,26H,5,12H2,1-4H3,(H,23,28)(H,25,29)/b24-14+. The zero-order valence-corrected chi connectivity index (χ0v) is 18.7. The van der Waals surface area contributed by atoms with E-state index < -0.39 is 5.91 Å². The van der Waals surface area contributed by atoms with Crippen LogP contribution >= 0.6 is 11.3 Å². The van der Waals surface area contributed by atoms with Gasteiger partial charge in [0.1, 0.15) is 0 Å². The van der Waals surface area contributed by atoms with Gasteiger partial charge in [-0.15, -0.1) is 11.3 Å². The number of hydrogen-bond donors (Lipinski definition) is 3. The lowest BCUT2D eigenvalue weighted by atomic mass is 10.2. The van der Waals surface area contributed by atoms with Gasteiger partial charge in [-0.1, -0.05) is 24.6 Å². The van der Waals surface area contributed by atoms with Gasteiger partial charge in [0.15, 0.2) is 0 Å². The maximum Gasteiger partial charge on any atom is 0.281 e. The Hall–Kier alpha value is -3.46. The quantitative estimate of drug-likeness (QED) is 0.389. The van der Waals surface area contributed by atoms with Crippen LogP contribution in [0.3, 0.4) is 0 Å². The highest BCUT2D eigenvalue weighted by Gasteiger charge is 2.17. The second-order valence-electron chi connectivity index (χ2n) is 7.15. The van der Waals surface area contributed by atoms with E-state index in [1.165, 1.54) is 4.68 Å². The number of amides is 2. The average molecular weight is 440 g/mol. The first-order valence-electron chi connectivity index (χ1n) is 9.93. The summed E-state index contributed by atoms with van der Waals surface area (Å²) in [6.07, 6.45) is 0.836. The van der Waals surface area contributed by atoms with Crippen LogP contribution in [0.2, 0.25) is 0 Å². The molecule has 3 aromatic rings. The molecule has 2 amide bonds. The lowest BCUT2D eigenvalue weighted by molar-refractivity contribution is 0.0951. The van der Waals surface area contributed by atoms with E-state index in [0.29, 0.717) is 39.0 Å². The highest BCUT2D eigenvalue weighted by Crippen LogP contribution is 2.16. The number of carbonyl (C=O) groups is 2. The first kappa shape index (κ1) is 22.2. The van der Waals surface area contributed by atoms with Crippen molar-refractivity contribution in [3.8, 4) is 5.69 Å². The second-order valence-corrected chi connectivity index (χ2v) is 8.23. The molecule has 0 aliphatic carbocycles. The minimum Gasteiger partial charge on any atom is -0.351 e. The Kier molecular flexibility index (Phi) is 6.86. The van der Waals surface area contributed by atoms with Gasteiger partial charge in [0.05, 0.1) is 26.7 Å². The number of aromatic amines is 1. The highest BCUT2D eigenvalue weighted by molar-refractivity contribution is 7.15. The number of hydrazone groups is 1. The molecule has 162 valence electrons. The molecule has 0 radical (unpaired) electrons. The van der Waals surface area contributed by atoms with Crippen LogP contribution in [0.1, 0.15) is 56.4 Å². The number of hydrogen-bond acceptors (Lipinski definition) is 5. The molecule has 3 rings (SSSR count). The Labute approximate surface area is 184 Å². The molecule has 0 fully saturated rings. The van der Waals surface area contributed by atoms with Crippen molar-refractivity contribution in [3.63, 3.8) is 0 Å². The van der Waals surface area contributed by atoms with Crippen molar-refractivity contribution < 1.29 is 9.59 Å². The van der Waals surface area contributed by atoms with Gasteiger partial charge in [0.25, 0.3) is 17.4 Å². The van der Waals surface area contributed by atoms with Crippen molar-refractivity contribution in [3.05, 3.63) is 73.3 Å².